The van der Waals surface area contributed by atoms with Crippen LogP contribution in [0.4, 0.5) is 0 Å². The standard InChI is InChI=1S/C12H13NO2/c1-8-5-9(7-11(14)15)6-10-3-4-13(2)12(8)10/h3-6H,7H2,1-2H3,(H,14,15). The maximum Gasteiger partial charge on any atom is 0.307 e. The van der Waals surface area contributed by atoms with Crippen LogP contribution < -0.4 is 0 Å². The topological polar surface area (TPSA) is 42.2 Å². The molecule has 0 spiro atoms. The molecule has 0 aliphatic rings. The van der Waals surface area contributed by atoms with E-state index in [0.717, 1.165) is 16.5 Å². The van der Waals surface area contributed by atoms with Crippen molar-refractivity contribution in [2.45, 2.75) is 13.3 Å². The Bertz CT molecular complexity index is 526. The van der Waals surface area contributed by atoms with E-state index in [9.17, 15) is 4.79 Å². The first-order valence-electron chi connectivity index (χ1n) is 4.84. The summed E-state index contributed by atoms with van der Waals surface area (Å²) in [6, 6.07) is 5.89. The lowest BCUT2D eigenvalue weighted by Crippen LogP contribution is -2.00. The zero-order valence-corrected chi connectivity index (χ0v) is 8.82. The summed E-state index contributed by atoms with van der Waals surface area (Å²) in [7, 11) is 1.99. The van der Waals surface area contributed by atoms with E-state index in [1.807, 2.05) is 38.4 Å². The molecule has 15 heavy (non-hydrogen) atoms. The van der Waals surface area contributed by atoms with Gasteiger partial charge in [-0.3, -0.25) is 4.79 Å². The number of aromatic nitrogens is 1. The summed E-state index contributed by atoms with van der Waals surface area (Å²) >= 11 is 0. The maximum atomic E-state index is 10.6. The zero-order valence-electron chi connectivity index (χ0n) is 8.82. The summed E-state index contributed by atoms with van der Waals surface area (Å²) in [6.45, 7) is 2.01. The highest BCUT2D eigenvalue weighted by Gasteiger charge is 2.06. The van der Waals surface area contributed by atoms with E-state index in [1.54, 1.807) is 0 Å². The van der Waals surface area contributed by atoms with Gasteiger partial charge in [0.15, 0.2) is 0 Å². The molecule has 3 heteroatoms. The van der Waals surface area contributed by atoms with Gasteiger partial charge in [-0.25, -0.2) is 0 Å². The van der Waals surface area contributed by atoms with Gasteiger partial charge in [-0.05, 0) is 30.2 Å². The third-order valence-corrected chi connectivity index (χ3v) is 2.58. The van der Waals surface area contributed by atoms with Crippen molar-refractivity contribution >= 4 is 16.9 Å². The Kier molecular flexibility index (Phi) is 2.23. The molecule has 1 heterocycles. The molecule has 78 valence electrons. The monoisotopic (exact) mass is 203 g/mol. The number of benzene rings is 1. The summed E-state index contributed by atoms with van der Waals surface area (Å²) in [5, 5.41) is 9.84. The summed E-state index contributed by atoms with van der Waals surface area (Å²) < 4.78 is 2.05. The minimum absolute atomic E-state index is 0.0890. The van der Waals surface area contributed by atoms with Crippen LogP contribution in [0.1, 0.15) is 11.1 Å². The van der Waals surface area contributed by atoms with Crippen molar-refractivity contribution < 1.29 is 9.90 Å². The van der Waals surface area contributed by atoms with E-state index < -0.39 is 5.97 Å². The van der Waals surface area contributed by atoms with Crippen molar-refractivity contribution in [3.8, 4) is 0 Å². The van der Waals surface area contributed by atoms with E-state index in [4.69, 9.17) is 5.11 Å². The first-order valence-corrected chi connectivity index (χ1v) is 4.84. The van der Waals surface area contributed by atoms with E-state index >= 15 is 0 Å². The largest absolute Gasteiger partial charge is 0.481 e. The van der Waals surface area contributed by atoms with Crippen molar-refractivity contribution in [1.82, 2.24) is 4.57 Å². The SMILES string of the molecule is Cc1cc(CC(=O)O)cc2ccn(C)c12. The van der Waals surface area contributed by atoms with E-state index in [2.05, 4.69) is 4.57 Å². The summed E-state index contributed by atoms with van der Waals surface area (Å²) in [5.74, 6) is -0.787. The van der Waals surface area contributed by atoms with Crippen molar-refractivity contribution in [2.75, 3.05) is 0 Å². The van der Waals surface area contributed by atoms with Gasteiger partial charge in [-0.15, -0.1) is 0 Å². The highest BCUT2D eigenvalue weighted by molar-refractivity contribution is 5.85. The summed E-state index contributed by atoms with van der Waals surface area (Å²) in [6.07, 6.45) is 2.08. The van der Waals surface area contributed by atoms with Gasteiger partial charge >= 0.3 is 5.97 Å². The predicted molar refractivity (Wildman–Crippen MR) is 59.0 cm³/mol. The Labute approximate surface area is 87.9 Å². The van der Waals surface area contributed by atoms with Gasteiger partial charge < -0.3 is 9.67 Å². The molecule has 1 aromatic heterocycles. The molecule has 0 amide bonds. The molecule has 2 aromatic rings. The number of aliphatic carboxylic acids is 1. The van der Waals surface area contributed by atoms with E-state index in [1.165, 1.54) is 5.52 Å². The van der Waals surface area contributed by atoms with Gasteiger partial charge in [0.2, 0.25) is 0 Å². The number of rotatable bonds is 2. The second-order valence-corrected chi connectivity index (χ2v) is 3.85. The maximum absolute atomic E-state index is 10.6. The number of nitrogens with zero attached hydrogens (tertiary/aromatic N) is 1. The van der Waals surface area contributed by atoms with Crippen molar-refractivity contribution in [2.24, 2.45) is 7.05 Å². The smallest absolute Gasteiger partial charge is 0.307 e. The number of carboxylic acids is 1. The van der Waals surface area contributed by atoms with Gasteiger partial charge in [0, 0.05) is 18.6 Å². The molecule has 0 atom stereocenters. The molecule has 1 N–H and O–H groups in total. The van der Waals surface area contributed by atoms with Crippen LogP contribution in [0.25, 0.3) is 10.9 Å². The molecule has 0 fully saturated rings. The lowest BCUT2D eigenvalue weighted by atomic mass is 10.1. The van der Waals surface area contributed by atoms with Gasteiger partial charge in [-0.2, -0.15) is 0 Å². The summed E-state index contributed by atoms with van der Waals surface area (Å²) in [5.41, 5.74) is 3.15. The average Bonchev–Trinajstić information content (AvgIpc) is 2.46. The zero-order chi connectivity index (χ0) is 11.0. The van der Waals surface area contributed by atoms with Crippen LogP contribution >= 0.6 is 0 Å². The Morgan fingerprint density at radius 1 is 1.47 bits per heavy atom. The fraction of sp³-hybridized carbons (Fsp3) is 0.250. The van der Waals surface area contributed by atoms with Crippen LogP contribution in [0, 0.1) is 6.92 Å². The molecule has 2 rings (SSSR count). The van der Waals surface area contributed by atoms with Crippen LogP contribution in [-0.4, -0.2) is 15.6 Å². The molecule has 0 saturated carbocycles. The van der Waals surface area contributed by atoms with Gasteiger partial charge in [0.1, 0.15) is 0 Å². The molecule has 0 bridgehead atoms. The normalized spacial score (nSPS) is 10.8. The van der Waals surface area contributed by atoms with Crippen LogP contribution in [-0.2, 0) is 18.3 Å². The average molecular weight is 203 g/mol. The second-order valence-electron chi connectivity index (χ2n) is 3.85. The third kappa shape index (κ3) is 1.73. The van der Waals surface area contributed by atoms with Crippen molar-refractivity contribution in [3.05, 3.63) is 35.5 Å². The summed E-state index contributed by atoms with van der Waals surface area (Å²) in [4.78, 5) is 10.6. The number of fused-ring (bicyclic) bond motifs is 1. The molecular formula is C12H13NO2. The lowest BCUT2D eigenvalue weighted by molar-refractivity contribution is -0.136. The molecule has 0 radical (unpaired) electrons. The fourth-order valence-electron chi connectivity index (χ4n) is 2.04. The van der Waals surface area contributed by atoms with Crippen molar-refractivity contribution in [3.63, 3.8) is 0 Å². The molecule has 0 aliphatic carbocycles. The number of carboxylic acid groups (broad SMARTS) is 1. The van der Waals surface area contributed by atoms with Gasteiger partial charge in [0.25, 0.3) is 0 Å². The quantitative estimate of drug-likeness (QED) is 0.812. The third-order valence-electron chi connectivity index (χ3n) is 2.58. The van der Waals surface area contributed by atoms with E-state index in [0.29, 0.717) is 0 Å². The van der Waals surface area contributed by atoms with Crippen LogP contribution in [0.15, 0.2) is 24.4 Å². The Morgan fingerprint density at radius 3 is 2.87 bits per heavy atom. The highest BCUT2D eigenvalue weighted by atomic mass is 16.4. The second kappa shape index (κ2) is 3.42. The van der Waals surface area contributed by atoms with Crippen LogP contribution in [0.5, 0.6) is 0 Å². The first kappa shape index (κ1) is 9.77. The lowest BCUT2D eigenvalue weighted by Gasteiger charge is -2.04. The first-order chi connectivity index (χ1) is 7.08. The van der Waals surface area contributed by atoms with Crippen LogP contribution in [0.2, 0.25) is 0 Å². The van der Waals surface area contributed by atoms with E-state index in [-0.39, 0.29) is 6.42 Å². The molecule has 3 nitrogen and oxygen atoms in total. The van der Waals surface area contributed by atoms with Crippen LogP contribution in [0.3, 0.4) is 0 Å². The number of aryl methyl sites for hydroxylation is 2. The van der Waals surface area contributed by atoms with Gasteiger partial charge in [-0.1, -0.05) is 6.07 Å². The predicted octanol–water partition coefficient (Wildman–Crippen LogP) is 2.11. The number of carbonyl (C=O) groups is 1. The minimum Gasteiger partial charge on any atom is -0.481 e. The Balaban J connectivity index is 2.58. The Morgan fingerprint density at radius 2 is 2.20 bits per heavy atom. The number of hydrogen-bond donors (Lipinski definition) is 1. The molecule has 0 saturated heterocycles. The minimum atomic E-state index is -0.787. The molecule has 1 aromatic carbocycles. The fourth-order valence-corrected chi connectivity index (χ4v) is 2.04. The molecular weight excluding hydrogens is 190 g/mol. The number of hydrogen-bond acceptors (Lipinski definition) is 1. The van der Waals surface area contributed by atoms with Gasteiger partial charge in [0.05, 0.1) is 11.9 Å². The molecule has 0 aliphatic heterocycles. The Hall–Kier alpha value is -1.77. The van der Waals surface area contributed by atoms with Crippen molar-refractivity contribution in [1.29, 1.82) is 0 Å². The highest BCUT2D eigenvalue weighted by Crippen LogP contribution is 2.21. The molecule has 0 unspecified atom stereocenters.